The molecule has 0 N–H and O–H groups in total. The molecule has 154 valence electrons. The normalized spacial score (nSPS) is 18.6. The van der Waals surface area contributed by atoms with Gasteiger partial charge in [-0.15, -0.1) is 0 Å². The van der Waals surface area contributed by atoms with Crippen LogP contribution in [0.25, 0.3) is 22.6 Å². The molecule has 0 spiro atoms. The molecule has 0 amide bonds. The maximum atomic E-state index is 14.9. The van der Waals surface area contributed by atoms with Gasteiger partial charge in [0.15, 0.2) is 22.9 Å². The highest BCUT2D eigenvalue weighted by Crippen LogP contribution is 2.34. The maximum absolute atomic E-state index is 14.9. The van der Waals surface area contributed by atoms with E-state index < -0.39 is 0 Å². The van der Waals surface area contributed by atoms with Crippen molar-refractivity contribution >= 4 is 11.3 Å². The summed E-state index contributed by atoms with van der Waals surface area (Å²) in [6.45, 7) is 6.10. The summed E-state index contributed by atoms with van der Waals surface area (Å²) < 4.78 is 18.3. The summed E-state index contributed by atoms with van der Waals surface area (Å²) in [5, 5.41) is 9.28. The Morgan fingerprint density at radius 3 is 2.43 bits per heavy atom. The second kappa shape index (κ2) is 6.57. The van der Waals surface area contributed by atoms with Crippen molar-refractivity contribution in [3.63, 3.8) is 0 Å². The third kappa shape index (κ3) is 2.98. The Hall–Kier alpha value is -2.87. The first-order valence-electron chi connectivity index (χ1n) is 10.7. The van der Waals surface area contributed by atoms with Crippen molar-refractivity contribution in [1.29, 1.82) is 0 Å². The van der Waals surface area contributed by atoms with E-state index in [1.165, 1.54) is 18.9 Å². The Labute approximate surface area is 173 Å². The number of aromatic nitrogens is 6. The maximum Gasteiger partial charge on any atom is 0.191 e. The fraction of sp³-hybridized carbons (Fsp3) is 0.455. The quantitative estimate of drug-likeness (QED) is 0.522. The molecule has 1 saturated carbocycles. The molecule has 1 aliphatic carbocycles. The molecule has 0 atom stereocenters. The van der Waals surface area contributed by atoms with Gasteiger partial charge in [0, 0.05) is 23.7 Å². The van der Waals surface area contributed by atoms with Crippen molar-refractivity contribution in [1.82, 2.24) is 34.1 Å². The Balaban J connectivity index is 1.35. The largest absolute Gasteiger partial charge is 0.300 e. The van der Waals surface area contributed by atoms with E-state index in [9.17, 15) is 4.39 Å². The Morgan fingerprint density at radius 1 is 0.900 bits per heavy atom. The molecule has 2 fully saturated rings. The number of likely N-dealkylation sites (tertiary alicyclic amines) is 1. The highest BCUT2D eigenvalue weighted by molar-refractivity contribution is 5.64. The summed E-state index contributed by atoms with van der Waals surface area (Å²) in [6.07, 6.45) is 8.46. The van der Waals surface area contributed by atoms with Gasteiger partial charge < -0.3 is 4.90 Å². The molecule has 0 aromatic carbocycles. The van der Waals surface area contributed by atoms with E-state index in [2.05, 4.69) is 25.1 Å². The molecule has 5 heterocycles. The first-order chi connectivity index (χ1) is 14.5. The summed E-state index contributed by atoms with van der Waals surface area (Å²) in [5.41, 5.74) is 4.37. The number of pyridine rings is 1. The molecule has 6 rings (SSSR count). The van der Waals surface area contributed by atoms with Gasteiger partial charge in [-0.1, -0.05) is 0 Å². The van der Waals surface area contributed by atoms with E-state index in [1.54, 1.807) is 9.03 Å². The van der Waals surface area contributed by atoms with Crippen LogP contribution < -0.4 is 0 Å². The van der Waals surface area contributed by atoms with Crippen molar-refractivity contribution in [2.45, 2.75) is 51.5 Å². The predicted octanol–water partition coefficient (Wildman–Crippen LogP) is 3.54. The van der Waals surface area contributed by atoms with Crippen LogP contribution in [-0.2, 0) is 0 Å². The van der Waals surface area contributed by atoms with E-state index in [0.29, 0.717) is 17.2 Å². The highest BCUT2D eigenvalue weighted by Gasteiger charge is 2.33. The fourth-order valence-corrected chi connectivity index (χ4v) is 4.62. The summed E-state index contributed by atoms with van der Waals surface area (Å²) in [4.78, 5) is 11.6. The van der Waals surface area contributed by atoms with Crippen LogP contribution in [-0.4, -0.2) is 53.2 Å². The van der Waals surface area contributed by atoms with Gasteiger partial charge in [-0.3, -0.25) is 0 Å². The number of piperidine rings is 1. The molecule has 0 bridgehead atoms. The van der Waals surface area contributed by atoms with Crippen molar-refractivity contribution in [2.24, 2.45) is 0 Å². The number of hydrogen-bond acceptors (Lipinski definition) is 5. The van der Waals surface area contributed by atoms with Crippen LogP contribution in [0.15, 0.2) is 24.5 Å². The lowest BCUT2D eigenvalue weighted by Gasteiger charge is -2.30. The number of imidazole rings is 1. The van der Waals surface area contributed by atoms with Gasteiger partial charge >= 0.3 is 0 Å². The molecule has 30 heavy (non-hydrogen) atoms. The van der Waals surface area contributed by atoms with Gasteiger partial charge in [0.1, 0.15) is 0 Å². The van der Waals surface area contributed by atoms with E-state index >= 15 is 0 Å². The molecule has 4 aromatic heterocycles. The lowest BCUT2D eigenvalue weighted by molar-refractivity contribution is 0.200. The topological polar surface area (TPSA) is 63.6 Å². The van der Waals surface area contributed by atoms with Crippen molar-refractivity contribution < 1.29 is 4.39 Å². The zero-order valence-electron chi connectivity index (χ0n) is 17.2. The number of aryl methyl sites for hydroxylation is 2. The predicted molar refractivity (Wildman–Crippen MR) is 111 cm³/mol. The summed E-state index contributed by atoms with van der Waals surface area (Å²) in [5.74, 6) is 0.683. The Kier molecular flexibility index (Phi) is 3.93. The minimum atomic E-state index is -0.372. The van der Waals surface area contributed by atoms with E-state index in [0.717, 1.165) is 54.7 Å². The summed E-state index contributed by atoms with van der Waals surface area (Å²) in [6, 6.07) is 4.24. The highest BCUT2D eigenvalue weighted by atomic mass is 19.1. The third-order valence-corrected chi connectivity index (χ3v) is 6.39. The van der Waals surface area contributed by atoms with Crippen molar-refractivity contribution in [2.75, 3.05) is 13.1 Å². The third-order valence-electron chi connectivity index (χ3n) is 6.39. The number of fused-ring (bicyclic) bond motifs is 2. The zero-order chi connectivity index (χ0) is 20.4. The molecular formula is C22H24FN7. The first-order valence-corrected chi connectivity index (χ1v) is 10.7. The molecule has 2 aliphatic rings. The molecule has 7 nitrogen and oxygen atoms in total. The van der Waals surface area contributed by atoms with Crippen LogP contribution in [0.5, 0.6) is 0 Å². The second-order valence-corrected chi connectivity index (χ2v) is 8.72. The molecule has 0 radical (unpaired) electrons. The number of nitrogens with zero attached hydrogens (tertiary/aromatic N) is 7. The molecular weight excluding hydrogens is 381 g/mol. The van der Waals surface area contributed by atoms with E-state index in [1.807, 2.05) is 32.3 Å². The van der Waals surface area contributed by atoms with Crippen LogP contribution >= 0.6 is 0 Å². The molecule has 1 saturated heterocycles. The minimum Gasteiger partial charge on any atom is -0.300 e. The first kappa shape index (κ1) is 17.9. The Bertz CT molecular complexity index is 1260. The second-order valence-electron chi connectivity index (χ2n) is 8.72. The van der Waals surface area contributed by atoms with Gasteiger partial charge in [0.2, 0.25) is 0 Å². The van der Waals surface area contributed by atoms with E-state index in [-0.39, 0.29) is 11.5 Å². The van der Waals surface area contributed by atoms with E-state index in [4.69, 9.17) is 0 Å². The SMILES string of the molecule is Cc1cn2nc(-c3cc(F)c4nc(C5CCN(C6CC6)CC5)nn4c3)cc(C)c2n1. The lowest BCUT2D eigenvalue weighted by atomic mass is 9.96. The smallest absolute Gasteiger partial charge is 0.191 e. The fourth-order valence-electron chi connectivity index (χ4n) is 4.62. The summed E-state index contributed by atoms with van der Waals surface area (Å²) >= 11 is 0. The van der Waals surface area contributed by atoms with Crippen LogP contribution in [0.3, 0.4) is 0 Å². The van der Waals surface area contributed by atoms with Gasteiger partial charge in [0.05, 0.1) is 17.6 Å². The van der Waals surface area contributed by atoms with Gasteiger partial charge in [-0.2, -0.15) is 10.2 Å². The van der Waals surface area contributed by atoms with Gasteiger partial charge in [-0.05, 0) is 70.3 Å². The number of rotatable bonds is 3. The molecule has 4 aromatic rings. The zero-order valence-corrected chi connectivity index (χ0v) is 17.2. The van der Waals surface area contributed by atoms with Gasteiger partial charge in [0.25, 0.3) is 0 Å². The Morgan fingerprint density at radius 2 is 1.67 bits per heavy atom. The van der Waals surface area contributed by atoms with Crippen LogP contribution in [0.1, 0.15) is 48.7 Å². The number of hydrogen-bond donors (Lipinski definition) is 0. The number of halogens is 1. The van der Waals surface area contributed by atoms with Crippen molar-refractivity contribution in [3.05, 3.63) is 47.4 Å². The van der Waals surface area contributed by atoms with Crippen molar-refractivity contribution in [3.8, 4) is 11.3 Å². The van der Waals surface area contributed by atoms with Crippen LogP contribution in [0.2, 0.25) is 0 Å². The van der Waals surface area contributed by atoms with Crippen LogP contribution in [0, 0.1) is 19.7 Å². The lowest BCUT2D eigenvalue weighted by Crippen LogP contribution is -2.34. The molecule has 0 unspecified atom stereocenters. The van der Waals surface area contributed by atoms with Gasteiger partial charge in [-0.25, -0.2) is 23.4 Å². The average Bonchev–Trinajstić information content (AvgIpc) is 3.37. The average molecular weight is 405 g/mol. The standard InChI is InChI=1S/C22H24FN7/c1-13-9-19(26-29-11-14(2)24-21(13)29)16-10-18(23)22-25-20(27-30(22)12-16)15-5-7-28(8-6-15)17-3-4-17/h9-12,15,17H,3-8H2,1-2H3. The minimum absolute atomic E-state index is 0.287. The van der Waals surface area contributed by atoms with Crippen LogP contribution in [0.4, 0.5) is 4.39 Å². The molecule has 1 aliphatic heterocycles. The molecule has 8 heteroatoms. The summed E-state index contributed by atoms with van der Waals surface area (Å²) in [7, 11) is 0. The monoisotopic (exact) mass is 405 g/mol.